The average Bonchev–Trinajstić information content (AvgIpc) is 3.69. The summed E-state index contributed by atoms with van der Waals surface area (Å²) >= 11 is 1.49. The first kappa shape index (κ1) is 37.5. The van der Waals surface area contributed by atoms with E-state index in [9.17, 15) is 33.6 Å². The number of carbonyl (C=O) groups excluding carboxylic acids is 6. The lowest BCUT2D eigenvalue weighted by atomic mass is 9.97. The van der Waals surface area contributed by atoms with Crippen LogP contribution in [0.2, 0.25) is 0 Å². The van der Waals surface area contributed by atoms with Gasteiger partial charge in [-0.2, -0.15) is 0 Å². The molecule has 5 rings (SSSR count). The number of likely N-dealkylation sites (tertiary alicyclic amines) is 1. The maximum Gasteiger partial charge on any atom is 0.533 e. The Bertz CT molecular complexity index is 1650. The van der Waals surface area contributed by atoms with Gasteiger partial charge in [0.05, 0.1) is 5.25 Å². The van der Waals surface area contributed by atoms with Crippen molar-refractivity contribution < 1.29 is 48.2 Å². The topological polar surface area (TPSA) is 177 Å². The number of fused-ring (bicyclic) bond motifs is 3. The van der Waals surface area contributed by atoms with Gasteiger partial charge in [0.25, 0.3) is 11.8 Å². The van der Waals surface area contributed by atoms with Crippen LogP contribution in [-0.2, 0) is 38.3 Å². The van der Waals surface area contributed by atoms with E-state index in [1.807, 2.05) is 30.3 Å². The summed E-state index contributed by atoms with van der Waals surface area (Å²) in [6.45, 7) is -0.142. The molecule has 13 nitrogen and oxygen atoms in total. The smallest absolute Gasteiger partial charge is 0.481 e. The molecule has 0 aromatic heterocycles. The molecule has 51 heavy (non-hydrogen) atoms. The van der Waals surface area contributed by atoms with Crippen LogP contribution in [-0.4, -0.2) is 80.9 Å². The van der Waals surface area contributed by atoms with E-state index < -0.39 is 35.1 Å². The minimum Gasteiger partial charge on any atom is -0.481 e. The Morgan fingerprint density at radius 3 is 2.20 bits per heavy atom. The second-order valence-corrected chi connectivity index (χ2v) is 14.2. The summed E-state index contributed by atoms with van der Waals surface area (Å²) in [7, 11) is 0. The maximum absolute atomic E-state index is 13.0. The second kappa shape index (κ2) is 18.0. The first-order valence-electron chi connectivity index (χ1n) is 17.5. The number of carboxylic acids is 1. The SMILES string of the molecule is O=C(O)CCCCCCCCCCSC1CC(=O)N(CCC(=O)Nc2ccc3c(c2)C(COC(=O)ON2C(=O)CCC2=O)c2ccccc2-3)C1=O. The normalized spacial score (nSPS) is 17.9. The van der Waals surface area contributed by atoms with Gasteiger partial charge in [0.2, 0.25) is 17.7 Å². The number of hydrogen-bond donors (Lipinski definition) is 2. The van der Waals surface area contributed by atoms with Crippen molar-refractivity contribution in [3.8, 4) is 11.1 Å². The molecule has 0 bridgehead atoms. The fourth-order valence-corrected chi connectivity index (χ4v) is 7.78. The third-order valence-corrected chi connectivity index (χ3v) is 10.5. The van der Waals surface area contributed by atoms with Gasteiger partial charge >= 0.3 is 12.1 Å². The molecule has 2 heterocycles. The van der Waals surface area contributed by atoms with Crippen molar-refractivity contribution in [2.45, 2.75) is 94.6 Å². The van der Waals surface area contributed by atoms with Gasteiger partial charge in [0.15, 0.2) is 0 Å². The quantitative estimate of drug-likeness (QED) is 0.102. The average molecular weight is 722 g/mol. The van der Waals surface area contributed by atoms with E-state index in [4.69, 9.17) is 14.7 Å². The lowest BCUT2D eigenvalue weighted by molar-refractivity contribution is -0.177. The summed E-state index contributed by atoms with van der Waals surface area (Å²) in [6, 6.07) is 13.0. The number of thioether (sulfide) groups is 1. The zero-order valence-corrected chi connectivity index (χ0v) is 29.3. The Hall–Kier alpha value is -4.72. The molecule has 272 valence electrons. The van der Waals surface area contributed by atoms with Crippen LogP contribution < -0.4 is 5.32 Å². The summed E-state index contributed by atoms with van der Waals surface area (Å²) in [6.07, 6.45) is 7.06. The van der Waals surface area contributed by atoms with Gasteiger partial charge in [-0.15, -0.1) is 11.8 Å². The number of imide groups is 2. The highest BCUT2D eigenvalue weighted by Crippen LogP contribution is 2.45. The maximum atomic E-state index is 13.0. The van der Waals surface area contributed by atoms with E-state index >= 15 is 0 Å². The minimum atomic E-state index is -1.17. The van der Waals surface area contributed by atoms with Crippen LogP contribution in [0, 0.1) is 0 Å². The Kier molecular flexibility index (Phi) is 13.2. The summed E-state index contributed by atoms with van der Waals surface area (Å²) < 4.78 is 5.33. The van der Waals surface area contributed by atoms with Gasteiger partial charge in [-0.3, -0.25) is 38.5 Å². The van der Waals surface area contributed by atoms with Crippen molar-refractivity contribution in [2.24, 2.45) is 0 Å². The van der Waals surface area contributed by atoms with Crippen molar-refractivity contribution in [3.63, 3.8) is 0 Å². The number of ether oxygens (including phenoxy) is 1. The van der Waals surface area contributed by atoms with Crippen molar-refractivity contribution in [1.82, 2.24) is 9.96 Å². The van der Waals surface area contributed by atoms with E-state index in [1.54, 1.807) is 12.1 Å². The Balaban J connectivity index is 1.05. The number of hydrogen-bond acceptors (Lipinski definition) is 10. The highest BCUT2D eigenvalue weighted by atomic mass is 32.2. The molecule has 2 fully saturated rings. The highest BCUT2D eigenvalue weighted by molar-refractivity contribution is 8.00. The largest absolute Gasteiger partial charge is 0.533 e. The van der Waals surface area contributed by atoms with Crippen LogP contribution >= 0.6 is 11.8 Å². The Morgan fingerprint density at radius 2 is 1.47 bits per heavy atom. The number of nitrogens with one attached hydrogen (secondary N) is 1. The van der Waals surface area contributed by atoms with Crippen LogP contribution in [0.5, 0.6) is 0 Å². The zero-order valence-electron chi connectivity index (χ0n) is 28.4. The van der Waals surface area contributed by atoms with Crippen LogP contribution in [0.15, 0.2) is 42.5 Å². The van der Waals surface area contributed by atoms with E-state index in [2.05, 4.69) is 5.32 Å². The molecule has 0 spiro atoms. The number of amides is 5. The van der Waals surface area contributed by atoms with Gasteiger partial charge in [0.1, 0.15) is 6.61 Å². The Labute approximate surface area is 300 Å². The molecule has 2 N–H and O–H groups in total. The molecule has 2 saturated heterocycles. The monoisotopic (exact) mass is 721 g/mol. The predicted octanol–water partition coefficient (Wildman–Crippen LogP) is 5.80. The number of rotatable bonds is 19. The first-order valence-corrected chi connectivity index (χ1v) is 18.6. The van der Waals surface area contributed by atoms with E-state index in [-0.39, 0.29) is 63.0 Å². The van der Waals surface area contributed by atoms with Crippen LogP contribution in [0.25, 0.3) is 11.1 Å². The molecule has 1 aliphatic carbocycles. The lowest BCUT2D eigenvalue weighted by Crippen LogP contribution is -2.34. The lowest BCUT2D eigenvalue weighted by Gasteiger charge is -2.17. The zero-order chi connectivity index (χ0) is 36.3. The fraction of sp³-hybridized carbons (Fsp3) is 0.486. The molecule has 0 radical (unpaired) electrons. The standard InChI is InChI=1S/C37H43N3O10S/c41-31(18-19-39-34(44)22-30(36(39)47)51-20-10-6-4-2-1-3-5-7-13-35(45)46)38-24-14-15-27-25-11-8-9-12-26(25)29(28(27)21-24)23-49-37(48)50-40-32(42)16-17-33(40)43/h8-9,11-12,14-15,21,29-30H,1-7,10,13,16-20,22-23H2,(H,38,41)(H,45,46). The first-order chi connectivity index (χ1) is 24.6. The predicted molar refractivity (Wildman–Crippen MR) is 187 cm³/mol. The number of benzene rings is 2. The van der Waals surface area contributed by atoms with Gasteiger partial charge in [-0.25, -0.2) is 4.79 Å². The third kappa shape index (κ3) is 9.96. The van der Waals surface area contributed by atoms with Crippen LogP contribution in [0.3, 0.4) is 0 Å². The van der Waals surface area contributed by atoms with Crippen molar-refractivity contribution >= 4 is 59.1 Å². The molecule has 2 aromatic carbocycles. The number of unbranched alkanes of at least 4 members (excludes halogenated alkanes) is 7. The molecular formula is C37H43N3O10S. The number of nitrogens with zero attached hydrogens (tertiary/aromatic N) is 2. The number of carboxylic acid groups (broad SMARTS) is 1. The van der Waals surface area contributed by atoms with Gasteiger partial charge in [-0.1, -0.05) is 73.9 Å². The number of hydroxylamine groups is 2. The molecular weight excluding hydrogens is 678 g/mol. The Morgan fingerprint density at radius 1 is 0.804 bits per heavy atom. The van der Waals surface area contributed by atoms with Gasteiger partial charge < -0.3 is 15.2 Å². The van der Waals surface area contributed by atoms with Crippen LogP contribution in [0.1, 0.15) is 101 Å². The molecule has 3 aliphatic rings. The van der Waals surface area contributed by atoms with Gasteiger partial charge in [-0.05, 0) is 53.0 Å². The van der Waals surface area contributed by atoms with Crippen LogP contribution in [0.4, 0.5) is 10.5 Å². The molecule has 2 aromatic rings. The molecule has 2 unspecified atom stereocenters. The van der Waals surface area contributed by atoms with Crippen molar-refractivity contribution in [3.05, 3.63) is 53.6 Å². The summed E-state index contributed by atoms with van der Waals surface area (Å²) in [5.74, 6) is -2.47. The fourth-order valence-electron chi connectivity index (χ4n) is 6.60. The highest BCUT2D eigenvalue weighted by Gasteiger charge is 2.39. The molecule has 2 aliphatic heterocycles. The van der Waals surface area contributed by atoms with E-state index in [1.165, 1.54) is 16.7 Å². The summed E-state index contributed by atoms with van der Waals surface area (Å²) in [5.41, 5.74) is 4.04. The number of anilines is 1. The number of carbonyl (C=O) groups is 7. The van der Waals surface area contributed by atoms with Crippen molar-refractivity contribution in [2.75, 3.05) is 24.2 Å². The second-order valence-electron chi connectivity index (χ2n) is 12.9. The van der Waals surface area contributed by atoms with Gasteiger partial charge in [0, 0.05) is 50.3 Å². The third-order valence-electron chi connectivity index (χ3n) is 9.25. The van der Waals surface area contributed by atoms with Crippen molar-refractivity contribution in [1.29, 1.82) is 0 Å². The van der Waals surface area contributed by atoms with E-state index in [0.717, 1.165) is 79.4 Å². The van der Waals surface area contributed by atoms with E-state index in [0.29, 0.717) is 10.8 Å². The molecule has 5 amide bonds. The minimum absolute atomic E-state index is 0.00991. The number of aliphatic carboxylic acids is 1. The molecule has 0 saturated carbocycles. The molecule has 2 atom stereocenters. The molecule has 14 heteroatoms. The summed E-state index contributed by atoms with van der Waals surface area (Å²) in [5, 5.41) is 11.5. The summed E-state index contributed by atoms with van der Waals surface area (Å²) in [4.78, 5) is 91.1.